The van der Waals surface area contributed by atoms with Crippen LogP contribution in [-0.4, -0.2) is 31.0 Å². The van der Waals surface area contributed by atoms with Crippen molar-refractivity contribution in [2.24, 2.45) is 0 Å². The minimum absolute atomic E-state index is 0.221. The van der Waals surface area contributed by atoms with E-state index in [1.165, 1.54) is 18.0 Å². The summed E-state index contributed by atoms with van der Waals surface area (Å²) in [4.78, 5) is 26.8. The number of H-pyrrole nitrogens is 1. The van der Waals surface area contributed by atoms with Gasteiger partial charge in [0.2, 0.25) is 0 Å². The van der Waals surface area contributed by atoms with Crippen LogP contribution in [0.1, 0.15) is 25.9 Å². The molecular weight excluding hydrogens is 322 g/mol. The summed E-state index contributed by atoms with van der Waals surface area (Å²) in [6.07, 6.45) is 2.94. The number of hydrogen-bond acceptors (Lipinski definition) is 7. The van der Waals surface area contributed by atoms with Crippen molar-refractivity contribution in [3.05, 3.63) is 33.5 Å². The lowest BCUT2D eigenvalue weighted by molar-refractivity contribution is 0.0702. The number of fused-ring (bicyclic) bond motifs is 1. The van der Waals surface area contributed by atoms with Crippen LogP contribution in [0.4, 0.5) is 0 Å². The van der Waals surface area contributed by atoms with Crippen LogP contribution in [0.2, 0.25) is 0 Å². The van der Waals surface area contributed by atoms with Gasteiger partial charge < -0.3 is 10.1 Å². The molecule has 3 heterocycles. The second-order valence-electron chi connectivity index (χ2n) is 4.36. The number of hydrogen-bond donors (Lipinski definition) is 2. The Morgan fingerprint density at radius 1 is 1.50 bits per heavy atom. The number of aryl methyl sites for hydroxylation is 1. The van der Waals surface area contributed by atoms with E-state index in [9.17, 15) is 4.79 Å². The van der Waals surface area contributed by atoms with Crippen LogP contribution >= 0.6 is 23.1 Å². The Hall–Kier alpha value is -2.44. The quantitative estimate of drug-likeness (QED) is 0.706. The molecule has 0 aromatic carbocycles. The van der Waals surface area contributed by atoms with Crippen molar-refractivity contribution in [1.29, 1.82) is 5.26 Å². The molecule has 0 amide bonds. The van der Waals surface area contributed by atoms with Gasteiger partial charge in [-0.05, 0) is 6.92 Å². The molecular formula is C13H9N5O2S2. The molecule has 0 fully saturated rings. The monoisotopic (exact) mass is 331 g/mol. The summed E-state index contributed by atoms with van der Waals surface area (Å²) in [5.41, 5.74) is 2.59. The van der Waals surface area contributed by atoms with Crippen molar-refractivity contribution in [2.45, 2.75) is 17.8 Å². The molecule has 0 saturated carbocycles. The van der Waals surface area contributed by atoms with Crippen LogP contribution in [0.15, 0.2) is 17.6 Å². The lowest BCUT2D eigenvalue weighted by Gasteiger charge is -1.94. The van der Waals surface area contributed by atoms with Crippen molar-refractivity contribution in [3.8, 4) is 6.07 Å². The maximum Gasteiger partial charge on any atom is 0.347 e. The van der Waals surface area contributed by atoms with Crippen LogP contribution in [0.5, 0.6) is 0 Å². The first-order valence-electron chi connectivity index (χ1n) is 6.14. The van der Waals surface area contributed by atoms with Crippen LogP contribution in [0.3, 0.4) is 0 Å². The summed E-state index contributed by atoms with van der Waals surface area (Å²) in [6, 6.07) is 2.03. The van der Waals surface area contributed by atoms with E-state index < -0.39 is 5.97 Å². The smallest absolute Gasteiger partial charge is 0.347 e. The number of aromatic carboxylic acids is 1. The lowest BCUT2D eigenvalue weighted by atomic mass is 10.2. The molecule has 0 aliphatic carbocycles. The first-order chi connectivity index (χ1) is 10.6. The van der Waals surface area contributed by atoms with Crippen molar-refractivity contribution in [3.63, 3.8) is 0 Å². The molecule has 0 saturated heterocycles. The number of rotatable bonds is 4. The number of carbonyl (C=O) groups is 1. The normalized spacial score (nSPS) is 10.7. The first kappa shape index (κ1) is 14.5. The Kier molecular flexibility index (Phi) is 3.79. The molecule has 0 aliphatic heterocycles. The molecule has 0 aliphatic rings. The highest BCUT2D eigenvalue weighted by atomic mass is 32.2. The second kappa shape index (κ2) is 5.75. The third-order valence-electron chi connectivity index (χ3n) is 2.95. The molecule has 0 radical (unpaired) electrons. The summed E-state index contributed by atoms with van der Waals surface area (Å²) in [7, 11) is 0. The van der Waals surface area contributed by atoms with Gasteiger partial charge in [0.15, 0.2) is 5.16 Å². The molecule has 7 nitrogen and oxygen atoms in total. The third kappa shape index (κ3) is 2.66. The van der Waals surface area contributed by atoms with Gasteiger partial charge in [-0.3, -0.25) is 0 Å². The SMILES string of the molecule is Cc1c(C#N)ncc2[nH]c(SCc3ncc(C(=O)O)s3)nc12. The number of nitrogens with zero attached hydrogens (tertiary/aromatic N) is 4. The van der Waals surface area contributed by atoms with Gasteiger partial charge in [0, 0.05) is 5.56 Å². The molecule has 0 unspecified atom stereocenters. The Labute approximate surface area is 133 Å². The largest absolute Gasteiger partial charge is 0.477 e. The van der Waals surface area contributed by atoms with E-state index >= 15 is 0 Å². The van der Waals surface area contributed by atoms with Crippen LogP contribution in [0, 0.1) is 18.3 Å². The van der Waals surface area contributed by atoms with Crippen LogP contribution in [0.25, 0.3) is 11.0 Å². The molecule has 110 valence electrons. The number of nitrogens with one attached hydrogen (secondary N) is 1. The molecule has 3 aromatic heterocycles. The number of thioether (sulfide) groups is 1. The summed E-state index contributed by atoms with van der Waals surface area (Å²) >= 11 is 2.57. The average Bonchev–Trinajstić information content (AvgIpc) is 3.12. The minimum Gasteiger partial charge on any atom is -0.477 e. The molecule has 22 heavy (non-hydrogen) atoms. The maximum absolute atomic E-state index is 10.8. The van der Waals surface area contributed by atoms with E-state index in [0.29, 0.717) is 16.6 Å². The van der Waals surface area contributed by atoms with Gasteiger partial charge in [-0.1, -0.05) is 11.8 Å². The number of pyridine rings is 1. The second-order valence-corrected chi connectivity index (χ2v) is 6.44. The Balaban J connectivity index is 1.81. The van der Waals surface area contributed by atoms with Gasteiger partial charge >= 0.3 is 5.97 Å². The molecule has 3 aromatic rings. The minimum atomic E-state index is -0.969. The number of carboxylic acids is 1. The number of thiazole rings is 1. The standard InChI is InChI=1S/C13H9N5O2S2/c1-6-7(2-14)15-3-8-11(6)18-13(17-8)21-5-10-16-4-9(22-10)12(19)20/h3-4H,5H2,1H3,(H,17,18)(H,19,20). The Bertz CT molecular complexity index is 909. The van der Waals surface area contributed by atoms with Crippen LogP contribution in [-0.2, 0) is 5.75 Å². The molecule has 0 spiro atoms. The van der Waals surface area contributed by atoms with Gasteiger partial charge in [-0.15, -0.1) is 11.3 Å². The lowest BCUT2D eigenvalue weighted by Crippen LogP contribution is -1.89. The first-order valence-corrected chi connectivity index (χ1v) is 7.95. The molecule has 0 atom stereocenters. The van der Waals surface area contributed by atoms with E-state index in [1.54, 1.807) is 6.20 Å². The fourth-order valence-corrected chi connectivity index (χ4v) is 3.51. The summed E-state index contributed by atoms with van der Waals surface area (Å²) in [5, 5.41) is 19.2. The van der Waals surface area contributed by atoms with Crippen molar-refractivity contribution < 1.29 is 9.90 Å². The summed E-state index contributed by atoms with van der Waals surface area (Å²) < 4.78 is 0. The fourth-order valence-electron chi connectivity index (χ4n) is 1.87. The zero-order valence-electron chi connectivity index (χ0n) is 11.3. The zero-order valence-corrected chi connectivity index (χ0v) is 13.0. The third-order valence-corrected chi connectivity index (χ3v) is 5.00. The molecule has 9 heteroatoms. The Morgan fingerprint density at radius 3 is 3.00 bits per heavy atom. The number of aromatic amines is 1. The highest BCUT2D eigenvalue weighted by molar-refractivity contribution is 7.98. The van der Waals surface area contributed by atoms with Gasteiger partial charge in [-0.25, -0.2) is 19.7 Å². The number of carboxylic acid groups (broad SMARTS) is 1. The molecule has 3 rings (SSSR count). The highest BCUT2D eigenvalue weighted by Gasteiger charge is 2.12. The number of nitriles is 1. The van der Waals surface area contributed by atoms with Gasteiger partial charge in [0.1, 0.15) is 21.6 Å². The summed E-state index contributed by atoms with van der Waals surface area (Å²) in [6.45, 7) is 1.81. The molecule has 2 N–H and O–H groups in total. The predicted molar refractivity (Wildman–Crippen MR) is 82.0 cm³/mol. The van der Waals surface area contributed by atoms with Gasteiger partial charge in [-0.2, -0.15) is 5.26 Å². The van der Waals surface area contributed by atoms with E-state index in [0.717, 1.165) is 32.9 Å². The van der Waals surface area contributed by atoms with Crippen molar-refractivity contribution in [2.75, 3.05) is 0 Å². The van der Waals surface area contributed by atoms with Crippen LogP contribution < -0.4 is 0 Å². The number of aromatic nitrogens is 4. The maximum atomic E-state index is 10.8. The molecule has 0 bridgehead atoms. The number of imidazole rings is 1. The van der Waals surface area contributed by atoms with E-state index in [-0.39, 0.29) is 4.88 Å². The van der Waals surface area contributed by atoms with E-state index in [1.807, 2.05) is 13.0 Å². The Morgan fingerprint density at radius 2 is 2.32 bits per heavy atom. The van der Waals surface area contributed by atoms with E-state index in [2.05, 4.69) is 19.9 Å². The van der Waals surface area contributed by atoms with Crippen molar-refractivity contribution >= 4 is 40.1 Å². The predicted octanol–water partition coefficient (Wildman–Crippen LogP) is 2.58. The van der Waals surface area contributed by atoms with Gasteiger partial charge in [0.05, 0.1) is 29.2 Å². The fraction of sp³-hybridized carbons (Fsp3) is 0.154. The summed E-state index contributed by atoms with van der Waals surface area (Å²) in [5.74, 6) is -0.446. The zero-order chi connectivity index (χ0) is 15.7. The average molecular weight is 331 g/mol. The van der Waals surface area contributed by atoms with E-state index in [4.69, 9.17) is 10.4 Å². The van der Waals surface area contributed by atoms with Crippen molar-refractivity contribution in [1.82, 2.24) is 19.9 Å². The highest BCUT2D eigenvalue weighted by Crippen LogP contribution is 2.26. The topological polar surface area (TPSA) is 116 Å². The van der Waals surface area contributed by atoms with Gasteiger partial charge in [0.25, 0.3) is 0 Å².